The number of alkyl halides is 3. The summed E-state index contributed by atoms with van der Waals surface area (Å²) in [5.41, 5.74) is 0.386. The molecule has 0 aliphatic heterocycles. The van der Waals surface area contributed by atoms with Gasteiger partial charge in [0, 0.05) is 17.2 Å². The highest BCUT2D eigenvalue weighted by atomic mass is 19.4. The summed E-state index contributed by atoms with van der Waals surface area (Å²) < 4.78 is 42.2. The molecule has 0 unspecified atom stereocenters. The van der Waals surface area contributed by atoms with E-state index >= 15 is 0 Å². The van der Waals surface area contributed by atoms with Crippen molar-refractivity contribution in [1.29, 1.82) is 0 Å². The highest BCUT2D eigenvalue weighted by molar-refractivity contribution is 5.87. The molecule has 0 heterocycles. The van der Waals surface area contributed by atoms with E-state index in [4.69, 9.17) is 5.11 Å². The lowest BCUT2D eigenvalue weighted by atomic mass is 10.4. The maximum Gasteiger partial charge on any atom is 0.422 e. The zero-order valence-corrected chi connectivity index (χ0v) is 13.0. The fraction of sp³-hybridized carbons (Fsp3) is 0.357. The number of ether oxygens (including phenoxy) is 2. The topological polar surface area (TPSA) is 89.9 Å². The van der Waals surface area contributed by atoms with E-state index in [0.717, 1.165) is 6.08 Å². The van der Waals surface area contributed by atoms with E-state index < -0.39 is 24.7 Å². The van der Waals surface area contributed by atoms with Gasteiger partial charge in [0.2, 0.25) is 0 Å². The molecule has 0 spiro atoms. The maximum atomic E-state index is 11.4. The smallest absolute Gasteiger partial charge is 0.422 e. The van der Waals surface area contributed by atoms with E-state index in [-0.39, 0.29) is 11.5 Å². The van der Waals surface area contributed by atoms with Crippen LogP contribution in [0, 0.1) is 0 Å². The van der Waals surface area contributed by atoms with Gasteiger partial charge < -0.3 is 14.6 Å². The Labute approximate surface area is 131 Å². The summed E-state index contributed by atoms with van der Waals surface area (Å²) in [6, 6.07) is 0. The predicted molar refractivity (Wildman–Crippen MR) is 76.5 cm³/mol. The Morgan fingerprint density at radius 1 is 1.09 bits per heavy atom. The van der Waals surface area contributed by atoms with E-state index in [1.165, 1.54) is 14.0 Å². The van der Waals surface area contributed by atoms with E-state index in [0.29, 0.717) is 5.57 Å². The van der Waals surface area contributed by atoms with Crippen molar-refractivity contribution in [2.24, 2.45) is 0 Å². The fourth-order valence-corrected chi connectivity index (χ4v) is 0.445. The molecule has 0 aromatic heterocycles. The molecular formula is C14H19F3O6. The summed E-state index contributed by atoms with van der Waals surface area (Å²) in [6.45, 7) is 10.7. The van der Waals surface area contributed by atoms with Crippen molar-refractivity contribution in [2.45, 2.75) is 20.0 Å². The third kappa shape index (κ3) is 24.8. The fourth-order valence-electron chi connectivity index (χ4n) is 0.445. The van der Waals surface area contributed by atoms with E-state index in [2.05, 4.69) is 29.2 Å². The van der Waals surface area contributed by atoms with Gasteiger partial charge in [-0.05, 0) is 13.8 Å². The van der Waals surface area contributed by atoms with E-state index in [1.807, 2.05) is 0 Å². The van der Waals surface area contributed by atoms with Crippen LogP contribution in [-0.4, -0.2) is 42.9 Å². The maximum absolute atomic E-state index is 11.4. The van der Waals surface area contributed by atoms with Crippen molar-refractivity contribution in [3.63, 3.8) is 0 Å². The zero-order chi connectivity index (χ0) is 19.2. The lowest BCUT2D eigenvalue weighted by Gasteiger charge is -2.06. The van der Waals surface area contributed by atoms with E-state index in [1.54, 1.807) is 6.92 Å². The van der Waals surface area contributed by atoms with Crippen LogP contribution in [0.3, 0.4) is 0 Å². The Kier molecular flexibility index (Phi) is 14.5. The SMILES string of the molecule is C=C(C)C(=O)OC.C=C(C)C(=O)OCC(F)(F)F.C=CC(=O)O. The zero-order valence-electron chi connectivity index (χ0n) is 13.0. The summed E-state index contributed by atoms with van der Waals surface area (Å²) in [4.78, 5) is 29.8. The number of halogens is 3. The quantitative estimate of drug-likeness (QED) is 0.625. The summed E-state index contributed by atoms with van der Waals surface area (Å²) in [7, 11) is 1.33. The first-order valence-electron chi connectivity index (χ1n) is 5.77. The molecule has 0 fully saturated rings. The Morgan fingerprint density at radius 3 is 1.57 bits per heavy atom. The van der Waals surface area contributed by atoms with Gasteiger partial charge in [-0.25, -0.2) is 14.4 Å². The molecule has 23 heavy (non-hydrogen) atoms. The van der Waals surface area contributed by atoms with Gasteiger partial charge in [0.15, 0.2) is 6.61 Å². The minimum absolute atomic E-state index is 0.0470. The number of aliphatic carboxylic acids is 1. The number of esters is 2. The first-order valence-corrected chi connectivity index (χ1v) is 5.77. The molecule has 0 radical (unpaired) electrons. The minimum Gasteiger partial charge on any atom is -0.478 e. The highest BCUT2D eigenvalue weighted by Gasteiger charge is 2.29. The standard InChI is InChI=1S/C6H7F3O2.C5H8O2.C3H4O2/c1-4(2)5(10)11-3-6(7,8)9;1-4(2)5(6)7-3;1-2-3(4)5/h1,3H2,2H3;1H2,2-3H3;2H,1H2,(H,4,5). The molecule has 132 valence electrons. The minimum atomic E-state index is -4.47. The van der Waals surface area contributed by atoms with E-state index in [9.17, 15) is 27.6 Å². The van der Waals surface area contributed by atoms with Crippen LogP contribution in [0.4, 0.5) is 13.2 Å². The van der Waals surface area contributed by atoms with Gasteiger partial charge in [-0.2, -0.15) is 13.2 Å². The molecule has 0 aromatic rings. The monoisotopic (exact) mass is 340 g/mol. The highest BCUT2D eigenvalue weighted by Crippen LogP contribution is 2.14. The Morgan fingerprint density at radius 2 is 1.43 bits per heavy atom. The molecule has 0 aromatic carbocycles. The average molecular weight is 340 g/mol. The van der Waals surface area contributed by atoms with Crippen molar-refractivity contribution in [3.8, 4) is 0 Å². The van der Waals surface area contributed by atoms with Gasteiger partial charge in [-0.15, -0.1) is 0 Å². The molecule has 0 saturated heterocycles. The molecule has 1 N–H and O–H groups in total. The molecule has 0 rings (SSSR count). The normalized spacial score (nSPS) is 8.96. The summed E-state index contributed by atoms with van der Waals surface area (Å²) >= 11 is 0. The van der Waals surface area contributed by atoms with Crippen LogP contribution in [0.5, 0.6) is 0 Å². The van der Waals surface area contributed by atoms with Crippen molar-refractivity contribution in [3.05, 3.63) is 37.0 Å². The Hall–Kier alpha value is -2.58. The second kappa shape index (κ2) is 13.1. The molecule has 0 bridgehead atoms. The molecule has 6 nitrogen and oxygen atoms in total. The Balaban J connectivity index is -0.000000286. The molecule has 0 amide bonds. The van der Waals surface area contributed by atoms with Gasteiger partial charge in [-0.3, -0.25) is 0 Å². The number of carbonyl (C=O) groups is 3. The lowest BCUT2D eigenvalue weighted by Crippen LogP contribution is -2.20. The number of carboxylic acid groups (broad SMARTS) is 1. The summed E-state index contributed by atoms with van der Waals surface area (Å²) in [6.07, 6.45) is -3.63. The summed E-state index contributed by atoms with van der Waals surface area (Å²) in [5.74, 6) is -2.35. The van der Waals surface area contributed by atoms with Crippen LogP contribution in [0.1, 0.15) is 13.8 Å². The molecule has 9 heteroatoms. The van der Waals surface area contributed by atoms with Crippen LogP contribution in [0.2, 0.25) is 0 Å². The van der Waals surface area contributed by atoms with Crippen LogP contribution >= 0.6 is 0 Å². The van der Waals surface area contributed by atoms with Crippen molar-refractivity contribution in [1.82, 2.24) is 0 Å². The van der Waals surface area contributed by atoms with Crippen molar-refractivity contribution >= 4 is 17.9 Å². The molecule has 0 aliphatic carbocycles. The van der Waals surface area contributed by atoms with Gasteiger partial charge >= 0.3 is 24.1 Å². The number of methoxy groups -OCH3 is 1. The summed E-state index contributed by atoms with van der Waals surface area (Å²) in [5, 5.41) is 7.60. The second-order valence-corrected chi connectivity index (χ2v) is 3.79. The predicted octanol–water partition coefficient (Wildman–Crippen LogP) is 2.66. The number of hydrogen-bond acceptors (Lipinski definition) is 5. The number of hydrogen-bond donors (Lipinski definition) is 1. The largest absolute Gasteiger partial charge is 0.478 e. The third-order valence-corrected chi connectivity index (χ3v) is 1.42. The van der Waals surface area contributed by atoms with Gasteiger partial charge in [-0.1, -0.05) is 19.7 Å². The average Bonchev–Trinajstić information content (AvgIpc) is 2.43. The van der Waals surface area contributed by atoms with Crippen LogP contribution < -0.4 is 0 Å². The van der Waals surface area contributed by atoms with Crippen LogP contribution in [0.25, 0.3) is 0 Å². The lowest BCUT2D eigenvalue weighted by molar-refractivity contribution is -0.183. The first-order chi connectivity index (χ1) is 10.3. The van der Waals surface area contributed by atoms with Crippen LogP contribution in [-0.2, 0) is 23.9 Å². The number of rotatable bonds is 4. The number of carbonyl (C=O) groups excluding carboxylic acids is 2. The molecular weight excluding hydrogens is 321 g/mol. The van der Waals surface area contributed by atoms with Gasteiger partial charge in [0.05, 0.1) is 7.11 Å². The van der Waals surface area contributed by atoms with Crippen molar-refractivity contribution in [2.75, 3.05) is 13.7 Å². The van der Waals surface area contributed by atoms with Crippen LogP contribution in [0.15, 0.2) is 37.0 Å². The first kappa shape index (κ1) is 25.4. The van der Waals surface area contributed by atoms with Gasteiger partial charge in [0.1, 0.15) is 0 Å². The van der Waals surface area contributed by atoms with Crippen molar-refractivity contribution < 1.29 is 42.1 Å². The molecule has 0 saturated carbocycles. The Bertz CT molecular complexity index is 452. The third-order valence-electron chi connectivity index (χ3n) is 1.42. The van der Waals surface area contributed by atoms with Gasteiger partial charge in [0.25, 0.3) is 0 Å². The second-order valence-electron chi connectivity index (χ2n) is 3.79. The molecule has 0 atom stereocenters. The number of carboxylic acids is 1. The molecule has 0 aliphatic rings.